The lowest BCUT2D eigenvalue weighted by Gasteiger charge is -2.12. The number of aliphatic hydroxyl groups excluding tert-OH is 1. The Labute approximate surface area is 158 Å². The molecule has 0 aliphatic carbocycles. The molecule has 6 nitrogen and oxygen atoms in total. The highest BCUT2D eigenvalue weighted by atomic mass is 16.5. The molecule has 0 saturated heterocycles. The Morgan fingerprint density at radius 1 is 1.04 bits per heavy atom. The zero-order valence-corrected chi connectivity index (χ0v) is 15.8. The summed E-state index contributed by atoms with van der Waals surface area (Å²) in [6, 6.07) is 15.3. The molecule has 0 aliphatic rings. The molecule has 1 heterocycles. The fourth-order valence-corrected chi connectivity index (χ4v) is 3.19. The fourth-order valence-electron chi connectivity index (χ4n) is 3.19. The van der Waals surface area contributed by atoms with Crippen molar-refractivity contribution >= 4 is 11.0 Å². The minimum absolute atomic E-state index is 0.0905. The van der Waals surface area contributed by atoms with Crippen molar-refractivity contribution in [1.82, 2.24) is 9.13 Å². The molecule has 0 saturated carbocycles. The van der Waals surface area contributed by atoms with Crippen LogP contribution in [0.15, 0.2) is 53.3 Å². The van der Waals surface area contributed by atoms with E-state index in [0.717, 1.165) is 28.8 Å². The number of aromatic nitrogens is 2. The molecule has 0 bridgehead atoms. The van der Waals surface area contributed by atoms with Crippen LogP contribution in [-0.2, 0) is 24.4 Å². The number of rotatable bonds is 9. The number of ether oxygens (including phenoxy) is 2. The average Bonchev–Trinajstić information content (AvgIpc) is 2.95. The van der Waals surface area contributed by atoms with Gasteiger partial charge in [0.1, 0.15) is 5.75 Å². The average molecular weight is 370 g/mol. The van der Waals surface area contributed by atoms with Crippen LogP contribution in [0.5, 0.6) is 5.75 Å². The van der Waals surface area contributed by atoms with E-state index >= 15 is 0 Å². The number of benzene rings is 2. The minimum atomic E-state index is -0.762. The van der Waals surface area contributed by atoms with E-state index in [1.807, 2.05) is 55.5 Å². The first-order chi connectivity index (χ1) is 13.1. The van der Waals surface area contributed by atoms with Gasteiger partial charge in [0, 0.05) is 6.54 Å². The van der Waals surface area contributed by atoms with Gasteiger partial charge in [0.2, 0.25) is 0 Å². The highest BCUT2D eigenvalue weighted by Crippen LogP contribution is 2.14. The van der Waals surface area contributed by atoms with Gasteiger partial charge in [-0.05, 0) is 36.2 Å². The summed E-state index contributed by atoms with van der Waals surface area (Å²) in [6.45, 7) is 3.47. The largest absolute Gasteiger partial charge is 0.497 e. The predicted octanol–water partition coefficient (Wildman–Crippen LogP) is 2.80. The fraction of sp³-hybridized carbons (Fsp3) is 0.381. The molecule has 3 aromatic rings. The van der Waals surface area contributed by atoms with Gasteiger partial charge in [0.05, 0.1) is 44.0 Å². The van der Waals surface area contributed by atoms with Gasteiger partial charge < -0.3 is 14.6 Å². The third kappa shape index (κ3) is 4.40. The quantitative estimate of drug-likeness (QED) is 0.629. The second-order valence-electron chi connectivity index (χ2n) is 6.55. The van der Waals surface area contributed by atoms with Crippen LogP contribution in [0.1, 0.15) is 18.9 Å². The molecule has 0 fully saturated rings. The summed E-state index contributed by atoms with van der Waals surface area (Å²) in [5.41, 5.74) is 2.65. The number of imidazole rings is 1. The number of nitrogens with zero attached hydrogens (tertiary/aromatic N) is 2. The van der Waals surface area contributed by atoms with Crippen LogP contribution >= 0.6 is 0 Å². The summed E-state index contributed by atoms with van der Waals surface area (Å²) in [5.74, 6) is 0.793. The summed E-state index contributed by atoms with van der Waals surface area (Å²) >= 11 is 0. The second-order valence-corrected chi connectivity index (χ2v) is 6.55. The van der Waals surface area contributed by atoms with Crippen LogP contribution in [-0.4, -0.2) is 34.1 Å². The van der Waals surface area contributed by atoms with Gasteiger partial charge in [-0.1, -0.05) is 31.2 Å². The molecule has 1 N–H and O–H groups in total. The topological polar surface area (TPSA) is 65.6 Å². The van der Waals surface area contributed by atoms with Gasteiger partial charge in [0.25, 0.3) is 0 Å². The van der Waals surface area contributed by atoms with Crippen LogP contribution in [0.25, 0.3) is 11.0 Å². The van der Waals surface area contributed by atoms with E-state index < -0.39 is 6.10 Å². The molecule has 2 aromatic carbocycles. The highest BCUT2D eigenvalue weighted by Gasteiger charge is 2.15. The maximum absolute atomic E-state index is 12.7. The molecule has 27 heavy (non-hydrogen) atoms. The molecule has 1 aromatic heterocycles. The first-order valence-electron chi connectivity index (χ1n) is 9.20. The van der Waals surface area contributed by atoms with Gasteiger partial charge in [-0.3, -0.25) is 9.13 Å². The standard InChI is InChI=1S/C21H26N2O4/c1-3-12-22-19-6-4-5-7-20(19)23(21(22)25)13-17(24)15-27-14-16-8-10-18(26-2)11-9-16/h4-11,17,24H,3,12-15H2,1-2H3. The van der Waals surface area contributed by atoms with Crippen molar-refractivity contribution in [3.63, 3.8) is 0 Å². The Bertz CT molecular complexity index is 927. The second kappa shape index (κ2) is 8.88. The first-order valence-corrected chi connectivity index (χ1v) is 9.20. The van der Waals surface area contributed by atoms with Crippen LogP contribution in [0.2, 0.25) is 0 Å². The summed E-state index contributed by atoms with van der Waals surface area (Å²) < 4.78 is 14.1. The molecule has 0 amide bonds. The van der Waals surface area contributed by atoms with Crippen molar-refractivity contribution in [1.29, 1.82) is 0 Å². The molecule has 6 heteroatoms. The van der Waals surface area contributed by atoms with Crippen molar-refractivity contribution < 1.29 is 14.6 Å². The van der Waals surface area contributed by atoms with E-state index in [0.29, 0.717) is 13.2 Å². The van der Waals surface area contributed by atoms with E-state index in [9.17, 15) is 9.90 Å². The number of para-hydroxylation sites is 2. The number of hydrogen-bond donors (Lipinski definition) is 1. The molecular formula is C21H26N2O4. The monoisotopic (exact) mass is 370 g/mol. The summed E-state index contributed by atoms with van der Waals surface area (Å²) in [4.78, 5) is 12.7. The van der Waals surface area contributed by atoms with Crippen LogP contribution in [0.4, 0.5) is 0 Å². The lowest BCUT2D eigenvalue weighted by Crippen LogP contribution is -2.30. The van der Waals surface area contributed by atoms with Gasteiger partial charge >= 0.3 is 5.69 Å². The van der Waals surface area contributed by atoms with Gasteiger partial charge in [-0.25, -0.2) is 4.79 Å². The summed E-state index contributed by atoms with van der Waals surface area (Å²) in [5, 5.41) is 10.4. The van der Waals surface area contributed by atoms with Crippen molar-refractivity contribution in [2.24, 2.45) is 0 Å². The summed E-state index contributed by atoms with van der Waals surface area (Å²) in [7, 11) is 1.63. The molecule has 1 atom stereocenters. The number of aryl methyl sites for hydroxylation is 1. The predicted molar refractivity (Wildman–Crippen MR) is 105 cm³/mol. The van der Waals surface area contributed by atoms with E-state index in [-0.39, 0.29) is 18.8 Å². The van der Waals surface area contributed by atoms with Crippen LogP contribution < -0.4 is 10.4 Å². The zero-order valence-electron chi connectivity index (χ0n) is 15.8. The third-order valence-corrected chi connectivity index (χ3v) is 4.50. The Hall–Kier alpha value is -2.57. The Balaban J connectivity index is 1.64. The number of fused-ring (bicyclic) bond motifs is 1. The Kier molecular flexibility index (Phi) is 6.32. The number of methoxy groups -OCH3 is 1. The van der Waals surface area contributed by atoms with E-state index in [2.05, 4.69) is 0 Å². The maximum atomic E-state index is 12.7. The van der Waals surface area contributed by atoms with Gasteiger partial charge in [-0.2, -0.15) is 0 Å². The highest BCUT2D eigenvalue weighted by molar-refractivity contribution is 5.76. The molecular weight excluding hydrogens is 344 g/mol. The van der Waals surface area contributed by atoms with E-state index in [4.69, 9.17) is 9.47 Å². The van der Waals surface area contributed by atoms with Gasteiger partial charge in [-0.15, -0.1) is 0 Å². The summed E-state index contributed by atoms with van der Waals surface area (Å²) in [6.07, 6.45) is 0.114. The molecule has 0 radical (unpaired) electrons. The third-order valence-electron chi connectivity index (χ3n) is 4.50. The number of hydrogen-bond acceptors (Lipinski definition) is 4. The molecule has 1 unspecified atom stereocenters. The number of aliphatic hydroxyl groups is 1. The van der Waals surface area contributed by atoms with Crippen LogP contribution in [0.3, 0.4) is 0 Å². The van der Waals surface area contributed by atoms with Crippen molar-refractivity contribution in [3.8, 4) is 5.75 Å². The Morgan fingerprint density at radius 2 is 1.70 bits per heavy atom. The zero-order chi connectivity index (χ0) is 19.2. The van der Waals surface area contributed by atoms with Gasteiger partial charge in [0.15, 0.2) is 0 Å². The molecule has 0 spiro atoms. The lowest BCUT2D eigenvalue weighted by molar-refractivity contribution is 0.0204. The minimum Gasteiger partial charge on any atom is -0.497 e. The molecule has 0 aliphatic heterocycles. The molecule has 144 valence electrons. The van der Waals surface area contributed by atoms with E-state index in [1.54, 1.807) is 16.2 Å². The normalized spacial score (nSPS) is 12.4. The van der Waals surface area contributed by atoms with Crippen molar-refractivity contribution in [2.45, 2.75) is 39.1 Å². The smallest absolute Gasteiger partial charge is 0.329 e. The molecule has 3 rings (SSSR count). The van der Waals surface area contributed by atoms with Crippen LogP contribution in [0, 0.1) is 0 Å². The Morgan fingerprint density at radius 3 is 2.33 bits per heavy atom. The maximum Gasteiger partial charge on any atom is 0.329 e. The SMILES string of the molecule is CCCn1c(=O)n(CC(O)COCc2ccc(OC)cc2)c2ccccc21. The lowest BCUT2D eigenvalue weighted by atomic mass is 10.2. The van der Waals surface area contributed by atoms with Crippen molar-refractivity contribution in [3.05, 3.63) is 64.6 Å². The van der Waals surface area contributed by atoms with E-state index in [1.165, 1.54) is 0 Å². The van der Waals surface area contributed by atoms with Crippen molar-refractivity contribution in [2.75, 3.05) is 13.7 Å². The first kappa shape index (κ1) is 19.2.